The first-order valence-electron chi connectivity index (χ1n) is 5.87. The van der Waals surface area contributed by atoms with E-state index in [4.69, 9.17) is 11.1 Å². The van der Waals surface area contributed by atoms with Gasteiger partial charge in [0.1, 0.15) is 5.75 Å². The molecule has 0 saturated heterocycles. The van der Waals surface area contributed by atoms with Crippen molar-refractivity contribution < 1.29 is 5.11 Å². The molecule has 0 bridgehead atoms. The maximum Gasteiger partial charge on any atom is 0.115 e. The van der Waals surface area contributed by atoms with Crippen LogP contribution in [0.1, 0.15) is 19.4 Å². The number of nitrogens with two attached hydrogens (primary N) is 1. The minimum atomic E-state index is 0.0760. The van der Waals surface area contributed by atoms with E-state index in [0.717, 1.165) is 25.2 Å². The Hall–Kier alpha value is -1.55. The van der Waals surface area contributed by atoms with Crippen LogP contribution in [-0.2, 0) is 6.54 Å². The number of hydrogen-bond donors (Lipinski definition) is 3. The quantitative estimate of drug-likeness (QED) is 0.520. The molecule has 0 spiro atoms. The summed E-state index contributed by atoms with van der Waals surface area (Å²) in [6.07, 6.45) is 0. The van der Waals surface area contributed by atoms with E-state index < -0.39 is 0 Å². The molecule has 0 aliphatic heterocycles. The molecule has 0 radical (unpaired) electrons. The van der Waals surface area contributed by atoms with Gasteiger partial charge in [0, 0.05) is 19.0 Å². The van der Waals surface area contributed by atoms with Gasteiger partial charge in [-0.2, -0.15) is 0 Å². The van der Waals surface area contributed by atoms with Crippen LogP contribution in [0.2, 0.25) is 0 Å². The van der Waals surface area contributed by atoms with Crippen molar-refractivity contribution in [2.75, 3.05) is 13.1 Å². The number of phenols is 1. The number of aromatic hydroxyl groups is 1. The fraction of sp³-hybridized carbons (Fsp3) is 0.462. The Kier molecular flexibility index (Phi) is 4.97. The molecule has 1 unspecified atom stereocenters. The molecule has 17 heavy (non-hydrogen) atoms. The normalized spacial score (nSPS) is 12.6. The van der Waals surface area contributed by atoms with E-state index in [1.807, 2.05) is 19.1 Å². The molecule has 4 nitrogen and oxygen atoms in total. The third-order valence-corrected chi connectivity index (χ3v) is 2.85. The number of nitrogens with one attached hydrogen (secondary N) is 1. The lowest BCUT2D eigenvalue weighted by molar-refractivity contribution is 0.263. The molecule has 0 aliphatic carbocycles. The van der Waals surface area contributed by atoms with Crippen LogP contribution in [-0.4, -0.2) is 28.9 Å². The minimum Gasteiger partial charge on any atom is -0.508 e. The van der Waals surface area contributed by atoms with E-state index in [1.165, 1.54) is 0 Å². The average molecular weight is 235 g/mol. The van der Waals surface area contributed by atoms with Crippen molar-refractivity contribution in [2.45, 2.75) is 20.4 Å². The van der Waals surface area contributed by atoms with Crippen LogP contribution < -0.4 is 5.73 Å². The van der Waals surface area contributed by atoms with E-state index in [-0.39, 0.29) is 17.5 Å². The van der Waals surface area contributed by atoms with Crippen molar-refractivity contribution in [1.29, 1.82) is 5.41 Å². The summed E-state index contributed by atoms with van der Waals surface area (Å²) in [5, 5.41) is 16.6. The molecule has 4 heteroatoms. The average Bonchev–Trinajstić information content (AvgIpc) is 2.30. The number of nitrogens with zero attached hydrogens (tertiary/aromatic N) is 1. The second-order valence-corrected chi connectivity index (χ2v) is 4.35. The van der Waals surface area contributed by atoms with Crippen molar-refractivity contribution >= 4 is 5.84 Å². The molecular formula is C13H21N3O. The van der Waals surface area contributed by atoms with Crippen LogP contribution >= 0.6 is 0 Å². The summed E-state index contributed by atoms with van der Waals surface area (Å²) < 4.78 is 0. The summed E-state index contributed by atoms with van der Waals surface area (Å²) >= 11 is 0. The third kappa shape index (κ3) is 4.44. The predicted molar refractivity (Wildman–Crippen MR) is 70.1 cm³/mol. The molecular weight excluding hydrogens is 214 g/mol. The lowest BCUT2D eigenvalue weighted by Gasteiger charge is -2.23. The standard InChI is InChI=1S/C13H21N3O/c1-3-16(8-10(2)13(14)15)9-11-4-6-12(17)7-5-11/h4-7,10,17H,3,8-9H2,1-2H3,(H3,14,15). The van der Waals surface area contributed by atoms with E-state index in [0.29, 0.717) is 0 Å². The molecule has 0 fully saturated rings. The zero-order chi connectivity index (χ0) is 12.8. The van der Waals surface area contributed by atoms with E-state index in [9.17, 15) is 5.11 Å². The van der Waals surface area contributed by atoms with Gasteiger partial charge in [-0.1, -0.05) is 26.0 Å². The Morgan fingerprint density at radius 1 is 1.41 bits per heavy atom. The topological polar surface area (TPSA) is 73.3 Å². The summed E-state index contributed by atoms with van der Waals surface area (Å²) in [4.78, 5) is 2.23. The van der Waals surface area contributed by atoms with Crippen LogP contribution in [0.15, 0.2) is 24.3 Å². The first-order valence-corrected chi connectivity index (χ1v) is 5.87. The lowest BCUT2D eigenvalue weighted by Crippen LogP contribution is -2.34. The highest BCUT2D eigenvalue weighted by molar-refractivity contribution is 5.79. The molecule has 4 N–H and O–H groups in total. The smallest absolute Gasteiger partial charge is 0.115 e. The second-order valence-electron chi connectivity index (χ2n) is 4.35. The minimum absolute atomic E-state index is 0.0760. The van der Waals surface area contributed by atoms with E-state index in [1.54, 1.807) is 12.1 Å². The predicted octanol–water partition coefficient (Wildman–Crippen LogP) is 1.79. The highest BCUT2D eigenvalue weighted by Gasteiger charge is 2.11. The first-order chi connectivity index (χ1) is 8.02. The van der Waals surface area contributed by atoms with Gasteiger partial charge in [-0.25, -0.2) is 0 Å². The summed E-state index contributed by atoms with van der Waals surface area (Å²) in [5.41, 5.74) is 6.63. The van der Waals surface area contributed by atoms with Crippen LogP contribution in [0.3, 0.4) is 0 Å². The Morgan fingerprint density at radius 2 is 2.00 bits per heavy atom. The zero-order valence-electron chi connectivity index (χ0n) is 10.5. The largest absolute Gasteiger partial charge is 0.508 e. The Labute approximate surface area is 103 Å². The SMILES string of the molecule is CCN(Cc1ccc(O)cc1)CC(C)C(=N)N. The van der Waals surface area contributed by atoms with Gasteiger partial charge in [-0.05, 0) is 24.2 Å². The molecule has 1 atom stereocenters. The lowest BCUT2D eigenvalue weighted by atomic mass is 10.1. The summed E-state index contributed by atoms with van der Waals surface area (Å²) in [6, 6.07) is 7.21. The van der Waals surface area contributed by atoms with Crippen molar-refractivity contribution in [2.24, 2.45) is 11.7 Å². The number of phenolic OH excluding ortho intramolecular Hbond substituents is 1. The second kappa shape index (κ2) is 6.25. The van der Waals surface area contributed by atoms with Crippen molar-refractivity contribution in [3.63, 3.8) is 0 Å². The van der Waals surface area contributed by atoms with Crippen molar-refractivity contribution in [3.8, 4) is 5.75 Å². The molecule has 0 heterocycles. The van der Waals surface area contributed by atoms with Gasteiger partial charge >= 0.3 is 0 Å². The summed E-state index contributed by atoms with van der Waals surface area (Å²) in [5.74, 6) is 0.593. The van der Waals surface area contributed by atoms with Crippen LogP contribution in [0.5, 0.6) is 5.75 Å². The van der Waals surface area contributed by atoms with Crippen molar-refractivity contribution in [1.82, 2.24) is 4.90 Å². The van der Waals surface area contributed by atoms with Gasteiger partial charge in [0.15, 0.2) is 0 Å². The van der Waals surface area contributed by atoms with Gasteiger partial charge in [-0.3, -0.25) is 10.3 Å². The zero-order valence-corrected chi connectivity index (χ0v) is 10.5. The molecule has 1 aromatic carbocycles. The monoisotopic (exact) mass is 235 g/mol. The van der Waals surface area contributed by atoms with Gasteiger partial charge < -0.3 is 10.8 Å². The Balaban J connectivity index is 2.57. The molecule has 94 valence electrons. The summed E-state index contributed by atoms with van der Waals surface area (Å²) in [7, 11) is 0. The van der Waals surface area contributed by atoms with Crippen LogP contribution in [0.4, 0.5) is 0 Å². The van der Waals surface area contributed by atoms with E-state index in [2.05, 4.69) is 11.8 Å². The molecule has 1 aromatic rings. The molecule has 0 saturated carbocycles. The van der Waals surface area contributed by atoms with E-state index >= 15 is 0 Å². The van der Waals surface area contributed by atoms with Crippen LogP contribution in [0, 0.1) is 11.3 Å². The third-order valence-electron chi connectivity index (χ3n) is 2.85. The first kappa shape index (κ1) is 13.5. The fourth-order valence-electron chi connectivity index (χ4n) is 1.65. The fourth-order valence-corrected chi connectivity index (χ4v) is 1.65. The maximum absolute atomic E-state index is 9.21. The Bertz CT molecular complexity index is 361. The highest BCUT2D eigenvalue weighted by Crippen LogP contribution is 2.12. The highest BCUT2D eigenvalue weighted by atomic mass is 16.3. The molecule has 1 rings (SSSR count). The summed E-state index contributed by atoms with van der Waals surface area (Å²) in [6.45, 7) is 6.56. The number of rotatable bonds is 6. The van der Waals surface area contributed by atoms with Gasteiger partial charge in [0.25, 0.3) is 0 Å². The number of benzene rings is 1. The van der Waals surface area contributed by atoms with Crippen LogP contribution in [0.25, 0.3) is 0 Å². The maximum atomic E-state index is 9.21. The Morgan fingerprint density at radius 3 is 2.47 bits per heavy atom. The van der Waals surface area contributed by atoms with Gasteiger partial charge in [0.2, 0.25) is 0 Å². The van der Waals surface area contributed by atoms with Gasteiger partial charge in [-0.15, -0.1) is 0 Å². The molecule has 0 aliphatic rings. The number of hydrogen-bond acceptors (Lipinski definition) is 3. The molecule has 0 aromatic heterocycles. The molecule has 0 amide bonds. The number of amidine groups is 1. The van der Waals surface area contributed by atoms with Gasteiger partial charge in [0.05, 0.1) is 5.84 Å². The van der Waals surface area contributed by atoms with Crippen molar-refractivity contribution in [3.05, 3.63) is 29.8 Å².